The summed E-state index contributed by atoms with van der Waals surface area (Å²) >= 11 is 0. The number of hydrogen-bond acceptors (Lipinski definition) is 4. The zero-order valence-electron chi connectivity index (χ0n) is 8.84. The van der Waals surface area contributed by atoms with Gasteiger partial charge >= 0.3 is 11.9 Å². The van der Waals surface area contributed by atoms with Gasteiger partial charge in [-0.15, -0.1) is 0 Å². The van der Waals surface area contributed by atoms with Gasteiger partial charge in [-0.2, -0.15) is 0 Å². The fourth-order valence-electron chi connectivity index (χ4n) is 1.02. The SMILES string of the molecule is CCC(O)C(CC)OC(=O)/C=C\C(=O)O. The number of carboxylic acids is 1. The van der Waals surface area contributed by atoms with E-state index in [4.69, 9.17) is 9.84 Å². The molecular weight excluding hydrogens is 200 g/mol. The molecule has 2 unspecified atom stereocenters. The van der Waals surface area contributed by atoms with Gasteiger partial charge in [0.25, 0.3) is 0 Å². The highest BCUT2D eigenvalue weighted by molar-refractivity contribution is 5.90. The second-order valence-electron chi connectivity index (χ2n) is 3.03. The van der Waals surface area contributed by atoms with Crippen LogP contribution < -0.4 is 0 Å². The minimum atomic E-state index is -1.21. The number of carbonyl (C=O) groups is 2. The molecule has 0 saturated heterocycles. The van der Waals surface area contributed by atoms with E-state index in [1.165, 1.54) is 0 Å². The van der Waals surface area contributed by atoms with E-state index in [0.717, 1.165) is 6.08 Å². The van der Waals surface area contributed by atoms with E-state index in [0.29, 0.717) is 18.9 Å². The quantitative estimate of drug-likeness (QED) is 0.505. The molecule has 15 heavy (non-hydrogen) atoms. The predicted octanol–water partition coefficient (Wildman–Crippen LogP) is 0.720. The summed E-state index contributed by atoms with van der Waals surface area (Å²) in [6.45, 7) is 3.55. The third-order valence-corrected chi connectivity index (χ3v) is 1.88. The Morgan fingerprint density at radius 2 is 1.87 bits per heavy atom. The van der Waals surface area contributed by atoms with Gasteiger partial charge in [0.15, 0.2) is 0 Å². The van der Waals surface area contributed by atoms with Crippen LogP contribution in [-0.2, 0) is 14.3 Å². The maximum absolute atomic E-state index is 11.1. The van der Waals surface area contributed by atoms with Gasteiger partial charge < -0.3 is 14.9 Å². The zero-order valence-corrected chi connectivity index (χ0v) is 8.84. The first-order chi connectivity index (χ1) is 7.01. The van der Waals surface area contributed by atoms with E-state index in [9.17, 15) is 14.7 Å². The molecule has 2 atom stereocenters. The van der Waals surface area contributed by atoms with Crippen LogP contribution in [0.2, 0.25) is 0 Å². The zero-order chi connectivity index (χ0) is 11.8. The first-order valence-electron chi connectivity index (χ1n) is 4.80. The van der Waals surface area contributed by atoms with Gasteiger partial charge in [-0.1, -0.05) is 13.8 Å². The topological polar surface area (TPSA) is 83.8 Å². The molecule has 0 aliphatic rings. The molecule has 0 aromatic carbocycles. The van der Waals surface area contributed by atoms with E-state index in [2.05, 4.69) is 0 Å². The lowest BCUT2D eigenvalue weighted by Crippen LogP contribution is -2.29. The molecule has 0 spiro atoms. The van der Waals surface area contributed by atoms with Crippen LogP contribution in [0.5, 0.6) is 0 Å². The smallest absolute Gasteiger partial charge is 0.331 e. The van der Waals surface area contributed by atoms with Crippen LogP contribution >= 0.6 is 0 Å². The van der Waals surface area contributed by atoms with Crippen molar-refractivity contribution in [3.63, 3.8) is 0 Å². The summed E-state index contributed by atoms with van der Waals surface area (Å²) in [4.78, 5) is 21.2. The fourth-order valence-corrected chi connectivity index (χ4v) is 1.02. The van der Waals surface area contributed by atoms with Crippen molar-refractivity contribution in [2.75, 3.05) is 0 Å². The highest BCUT2D eigenvalue weighted by Crippen LogP contribution is 2.08. The molecule has 86 valence electrons. The monoisotopic (exact) mass is 216 g/mol. The average Bonchev–Trinajstić information content (AvgIpc) is 2.21. The van der Waals surface area contributed by atoms with Gasteiger partial charge in [-0.25, -0.2) is 9.59 Å². The molecule has 2 N–H and O–H groups in total. The van der Waals surface area contributed by atoms with Crippen molar-refractivity contribution in [1.29, 1.82) is 0 Å². The summed E-state index contributed by atoms with van der Waals surface area (Å²) in [5, 5.41) is 17.7. The number of carbonyl (C=O) groups excluding carboxylic acids is 1. The van der Waals surface area contributed by atoms with Gasteiger partial charge in [-0.3, -0.25) is 0 Å². The number of rotatable bonds is 6. The molecule has 0 aliphatic carbocycles. The summed E-state index contributed by atoms with van der Waals surface area (Å²) in [6.07, 6.45) is 1.20. The Kier molecular flexibility index (Phi) is 6.37. The van der Waals surface area contributed by atoms with Gasteiger partial charge in [0, 0.05) is 12.2 Å². The van der Waals surface area contributed by atoms with Crippen molar-refractivity contribution in [2.24, 2.45) is 0 Å². The third kappa shape index (κ3) is 5.85. The predicted molar refractivity (Wildman–Crippen MR) is 53.2 cm³/mol. The van der Waals surface area contributed by atoms with E-state index < -0.39 is 24.1 Å². The Labute approximate surface area is 88.4 Å². The molecule has 0 heterocycles. The van der Waals surface area contributed by atoms with Crippen LogP contribution in [0.25, 0.3) is 0 Å². The molecule has 0 aliphatic heterocycles. The second-order valence-corrected chi connectivity index (χ2v) is 3.03. The van der Waals surface area contributed by atoms with Crippen molar-refractivity contribution in [2.45, 2.75) is 38.9 Å². The lowest BCUT2D eigenvalue weighted by molar-refractivity contribution is -0.149. The molecule has 0 amide bonds. The van der Waals surface area contributed by atoms with Crippen molar-refractivity contribution >= 4 is 11.9 Å². The van der Waals surface area contributed by atoms with E-state index in [1.807, 2.05) is 0 Å². The number of esters is 1. The summed E-state index contributed by atoms with van der Waals surface area (Å²) in [7, 11) is 0. The van der Waals surface area contributed by atoms with Crippen molar-refractivity contribution in [3.05, 3.63) is 12.2 Å². The summed E-state index contributed by atoms with van der Waals surface area (Å²) in [6, 6.07) is 0. The Morgan fingerprint density at radius 3 is 2.27 bits per heavy atom. The minimum absolute atomic E-state index is 0.481. The number of carboxylic acid groups (broad SMARTS) is 1. The molecule has 0 aromatic rings. The number of hydrogen-bond donors (Lipinski definition) is 2. The summed E-state index contributed by atoms with van der Waals surface area (Å²) in [5.74, 6) is -1.97. The molecule has 0 fully saturated rings. The normalized spacial score (nSPS) is 14.9. The Morgan fingerprint density at radius 1 is 1.27 bits per heavy atom. The van der Waals surface area contributed by atoms with Gasteiger partial charge in [-0.05, 0) is 12.8 Å². The van der Waals surface area contributed by atoms with E-state index in [1.54, 1.807) is 13.8 Å². The molecule has 5 heteroatoms. The maximum atomic E-state index is 11.1. The largest absolute Gasteiger partial charge is 0.478 e. The molecule has 0 radical (unpaired) electrons. The number of ether oxygens (including phenoxy) is 1. The average molecular weight is 216 g/mol. The van der Waals surface area contributed by atoms with Gasteiger partial charge in [0.05, 0.1) is 6.10 Å². The highest BCUT2D eigenvalue weighted by atomic mass is 16.6. The lowest BCUT2D eigenvalue weighted by atomic mass is 10.1. The second kappa shape index (κ2) is 7.00. The van der Waals surface area contributed by atoms with Crippen molar-refractivity contribution in [1.82, 2.24) is 0 Å². The summed E-state index contributed by atoms with van der Waals surface area (Å²) in [5.41, 5.74) is 0. The number of aliphatic carboxylic acids is 1. The van der Waals surface area contributed by atoms with Crippen molar-refractivity contribution in [3.8, 4) is 0 Å². The van der Waals surface area contributed by atoms with E-state index in [-0.39, 0.29) is 0 Å². The minimum Gasteiger partial charge on any atom is -0.478 e. The lowest BCUT2D eigenvalue weighted by Gasteiger charge is -2.19. The van der Waals surface area contributed by atoms with Gasteiger partial charge in [0.2, 0.25) is 0 Å². The Bertz CT molecular complexity index is 246. The third-order valence-electron chi connectivity index (χ3n) is 1.88. The van der Waals surface area contributed by atoms with Crippen LogP contribution in [0.3, 0.4) is 0 Å². The highest BCUT2D eigenvalue weighted by Gasteiger charge is 2.18. The molecular formula is C10H16O5. The number of aliphatic hydroxyl groups is 1. The number of aliphatic hydroxyl groups excluding tert-OH is 1. The molecule has 0 saturated carbocycles. The fraction of sp³-hybridized carbons (Fsp3) is 0.600. The molecule has 0 rings (SSSR count). The Hall–Kier alpha value is -1.36. The molecule has 0 bridgehead atoms. The summed E-state index contributed by atoms with van der Waals surface area (Å²) < 4.78 is 4.86. The first-order valence-corrected chi connectivity index (χ1v) is 4.80. The molecule has 5 nitrogen and oxygen atoms in total. The van der Waals surface area contributed by atoms with Crippen molar-refractivity contribution < 1.29 is 24.5 Å². The first kappa shape index (κ1) is 13.6. The maximum Gasteiger partial charge on any atom is 0.331 e. The standard InChI is InChI=1S/C10H16O5/c1-3-7(11)8(4-2)15-10(14)6-5-9(12)13/h5-8,11H,3-4H2,1-2H3,(H,12,13)/b6-5-. The van der Waals surface area contributed by atoms with Crippen LogP contribution in [0, 0.1) is 0 Å². The van der Waals surface area contributed by atoms with Gasteiger partial charge in [0.1, 0.15) is 6.10 Å². The Balaban J connectivity index is 4.18. The van der Waals surface area contributed by atoms with Crippen LogP contribution in [-0.4, -0.2) is 34.4 Å². The van der Waals surface area contributed by atoms with Crippen LogP contribution in [0.1, 0.15) is 26.7 Å². The molecule has 0 aromatic heterocycles. The van der Waals surface area contributed by atoms with E-state index >= 15 is 0 Å². The van der Waals surface area contributed by atoms with Crippen LogP contribution in [0.15, 0.2) is 12.2 Å². The van der Waals surface area contributed by atoms with Crippen LogP contribution in [0.4, 0.5) is 0 Å².